The fourth-order valence-corrected chi connectivity index (χ4v) is 6.54. The molecule has 1 heteroatoms. The molecule has 0 amide bonds. The monoisotopic (exact) mass is 310 g/mol. The summed E-state index contributed by atoms with van der Waals surface area (Å²) in [5.74, 6) is 2.81. The van der Waals surface area contributed by atoms with Crippen molar-refractivity contribution >= 4 is 0 Å². The first-order valence-electron chi connectivity index (χ1n) is 9.34. The number of hydrogen-bond donors (Lipinski definition) is 1. The number of benzene rings is 1. The molecule has 0 saturated heterocycles. The van der Waals surface area contributed by atoms with E-state index >= 15 is 0 Å². The highest BCUT2D eigenvalue weighted by Gasteiger charge is 2.59. The Hall–Kier alpha value is -1.24. The number of rotatable bonds is 1. The molecule has 23 heavy (non-hydrogen) atoms. The minimum atomic E-state index is 0.317. The molecule has 0 heterocycles. The predicted octanol–water partition coefficient (Wildman–Crippen LogP) is 5.83. The van der Waals surface area contributed by atoms with E-state index in [1.165, 1.54) is 48.8 Å². The Morgan fingerprint density at radius 2 is 1.96 bits per heavy atom. The second kappa shape index (κ2) is 4.88. The summed E-state index contributed by atoms with van der Waals surface area (Å²) in [6.07, 6.45) is 7.75. The van der Waals surface area contributed by atoms with Crippen molar-refractivity contribution < 1.29 is 5.11 Å². The van der Waals surface area contributed by atoms with Crippen LogP contribution >= 0.6 is 0 Å². The highest BCUT2D eigenvalue weighted by atomic mass is 16.3. The standard InChI is InChI=1S/C22H30O/c1-14(2)21(3)12-10-20-19-7-5-15-13-16(23)6-8-17(15)18(19)9-11-22(20,21)4/h6,8,13,18-20,23H,1,5,7,9-12H2,2-4H3/t18-,19-,20+,21-,22+/m1/s1. The summed E-state index contributed by atoms with van der Waals surface area (Å²) in [5.41, 5.74) is 5.06. The van der Waals surface area contributed by atoms with Gasteiger partial charge in [-0.25, -0.2) is 0 Å². The smallest absolute Gasteiger partial charge is 0.115 e. The van der Waals surface area contributed by atoms with Crippen molar-refractivity contribution in [3.05, 3.63) is 41.5 Å². The molecule has 2 saturated carbocycles. The van der Waals surface area contributed by atoms with Crippen LogP contribution in [0.25, 0.3) is 0 Å². The first-order valence-corrected chi connectivity index (χ1v) is 9.34. The Morgan fingerprint density at radius 3 is 2.70 bits per heavy atom. The van der Waals surface area contributed by atoms with Crippen LogP contribution in [-0.4, -0.2) is 5.11 Å². The molecule has 124 valence electrons. The quantitative estimate of drug-likeness (QED) is 0.647. The number of allylic oxidation sites excluding steroid dienone is 1. The zero-order valence-corrected chi connectivity index (χ0v) is 14.9. The number of phenols is 1. The number of fused-ring (bicyclic) bond motifs is 5. The minimum absolute atomic E-state index is 0.317. The molecule has 1 N–H and O–H groups in total. The Bertz CT molecular complexity index is 660. The van der Waals surface area contributed by atoms with Crippen LogP contribution in [0, 0.1) is 22.7 Å². The molecule has 0 spiro atoms. The SMILES string of the molecule is C=C(C)[C@@]1(C)CC[C@H]2[C@@H]3CCc4cc(O)ccc4[C@H]3CC[C@@]21C. The average Bonchev–Trinajstić information content (AvgIpc) is 2.80. The van der Waals surface area contributed by atoms with Gasteiger partial charge in [0.1, 0.15) is 5.75 Å². The molecule has 1 aromatic carbocycles. The molecule has 2 fully saturated rings. The van der Waals surface area contributed by atoms with Gasteiger partial charge >= 0.3 is 0 Å². The summed E-state index contributed by atoms with van der Waals surface area (Å²) in [7, 11) is 0. The maximum atomic E-state index is 9.80. The molecule has 0 unspecified atom stereocenters. The van der Waals surface area contributed by atoms with E-state index in [1.54, 1.807) is 0 Å². The number of phenolic OH excluding ortho intramolecular Hbond substituents is 1. The highest BCUT2D eigenvalue weighted by molar-refractivity contribution is 5.40. The van der Waals surface area contributed by atoms with Gasteiger partial charge in [-0.05, 0) is 97.3 Å². The summed E-state index contributed by atoms with van der Waals surface area (Å²) in [6, 6.07) is 6.10. The van der Waals surface area contributed by atoms with Crippen molar-refractivity contribution in [2.45, 2.75) is 65.2 Å². The molecule has 5 atom stereocenters. The average molecular weight is 310 g/mol. The number of hydrogen-bond acceptors (Lipinski definition) is 1. The van der Waals surface area contributed by atoms with Crippen LogP contribution in [-0.2, 0) is 6.42 Å². The van der Waals surface area contributed by atoms with Crippen LogP contribution in [0.4, 0.5) is 0 Å². The van der Waals surface area contributed by atoms with Crippen LogP contribution in [0.15, 0.2) is 30.4 Å². The summed E-state index contributed by atoms with van der Waals surface area (Å²) < 4.78 is 0. The summed E-state index contributed by atoms with van der Waals surface area (Å²) in [6.45, 7) is 11.6. The summed E-state index contributed by atoms with van der Waals surface area (Å²) in [5, 5.41) is 9.80. The molecule has 0 aromatic heterocycles. The van der Waals surface area contributed by atoms with E-state index in [0.717, 1.165) is 18.3 Å². The van der Waals surface area contributed by atoms with Crippen LogP contribution in [0.3, 0.4) is 0 Å². The van der Waals surface area contributed by atoms with Crippen LogP contribution in [0.1, 0.15) is 69.9 Å². The van der Waals surface area contributed by atoms with Gasteiger partial charge in [0.05, 0.1) is 0 Å². The van der Waals surface area contributed by atoms with Gasteiger partial charge < -0.3 is 5.11 Å². The van der Waals surface area contributed by atoms with Crippen molar-refractivity contribution in [3.8, 4) is 5.75 Å². The van der Waals surface area contributed by atoms with Crippen molar-refractivity contribution in [2.24, 2.45) is 22.7 Å². The lowest BCUT2D eigenvalue weighted by Crippen LogP contribution is -2.46. The topological polar surface area (TPSA) is 20.2 Å². The predicted molar refractivity (Wildman–Crippen MR) is 95.6 cm³/mol. The third kappa shape index (κ3) is 1.92. The van der Waals surface area contributed by atoms with E-state index in [4.69, 9.17) is 0 Å². The number of aryl methyl sites for hydroxylation is 1. The maximum absolute atomic E-state index is 9.80. The lowest BCUT2D eigenvalue weighted by atomic mass is 9.50. The Morgan fingerprint density at radius 1 is 1.17 bits per heavy atom. The van der Waals surface area contributed by atoms with Crippen LogP contribution < -0.4 is 0 Å². The summed E-state index contributed by atoms with van der Waals surface area (Å²) >= 11 is 0. The Labute approximate surface area is 140 Å². The molecule has 0 radical (unpaired) electrons. The third-order valence-electron chi connectivity index (χ3n) is 8.26. The lowest BCUT2D eigenvalue weighted by Gasteiger charge is -2.54. The minimum Gasteiger partial charge on any atom is -0.508 e. The van der Waals surface area contributed by atoms with E-state index in [1.807, 2.05) is 12.1 Å². The fourth-order valence-electron chi connectivity index (χ4n) is 6.54. The van der Waals surface area contributed by atoms with Crippen molar-refractivity contribution in [1.82, 2.24) is 0 Å². The molecule has 0 bridgehead atoms. The van der Waals surface area contributed by atoms with Crippen molar-refractivity contribution in [3.63, 3.8) is 0 Å². The van der Waals surface area contributed by atoms with Crippen molar-refractivity contribution in [2.75, 3.05) is 0 Å². The fraction of sp³-hybridized carbons (Fsp3) is 0.636. The lowest BCUT2D eigenvalue weighted by molar-refractivity contribution is -0.0000456. The molecule has 3 aliphatic rings. The molecule has 1 nitrogen and oxygen atoms in total. The zero-order chi connectivity index (χ0) is 16.4. The second-order valence-corrected chi connectivity index (χ2v) is 8.91. The van der Waals surface area contributed by atoms with Gasteiger partial charge in [0.25, 0.3) is 0 Å². The van der Waals surface area contributed by atoms with E-state index in [0.29, 0.717) is 22.5 Å². The van der Waals surface area contributed by atoms with Gasteiger partial charge in [-0.3, -0.25) is 0 Å². The van der Waals surface area contributed by atoms with Crippen LogP contribution in [0.2, 0.25) is 0 Å². The van der Waals surface area contributed by atoms with Gasteiger partial charge in [0.15, 0.2) is 0 Å². The third-order valence-corrected chi connectivity index (χ3v) is 8.26. The van der Waals surface area contributed by atoms with E-state index in [9.17, 15) is 5.11 Å². The second-order valence-electron chi connectivity index (χ2n) is 8.91. The molecule has 3 aliphatic carbocycles. The van der Waals surface area contributed by atoms with Gasteiger partial charge in [-0.2, -0.15) is 0 Å². The largest absolute Gasteiger partial charge is 0.508 e. The van der Waals surface area contributed by atoms with Gasteiger partial charge in [-0.15, -0.1) is 0 Å². The Balaban J connectivity index is 1.71. The molecule has 0 aliphatic heterocycles. The van der Waals surface area contributed by atoms with Crippen LogP contribution in [0.5, 0.6) is 5.75 Å². The van der Waals surface area contributed by atoms with Crippen molar-refractivity contribution in [1.29, 1.82) is 0 Å². The molecule has 1 aromatic rings. The van der Waals surface area contributed by atoms with E-state index in [-0.39, 0.29) is 0 Å². The van der Waals surface area contributed by atoms with E-state index in [2.05, 4.69) is 33.4 Å². The molecular formula is C22H30O. The normalized spacial score (nSPS) is 41.8. The Kier molecular flexibility index (Phi) is 3.25. The maximum Gasteiger partial charge on any atom is 0.115 e. The van der Waals surface area contributed by atoms with Gasteiger partial charge in [0.2, 0.25) is 0 Å². The molecular weight excluding hydrogens is 280 g/mol. The molecule has 4 rings (SSSR count). The van der Waals surface area contributed by atoms with Gasteiger partial charge in [0, 0.05) is 0 Å². The highest BCUT2D eigenvalue weighted by Crippen LogP contribution is 2.69. The summed E-state index contributed by atoms with van der Waals surface area (Å²) in [4.78, 5) is 0. The van der Waals surface area contributed by atoms with E-state index < -0.39 is 0 Å². The van der Waals surface area contributed by atoms with Gasteiger partial charge in [-0.1, -0.05) is 32.1 Å². The number of aromatic hydroxyl groups is 1. The zero-order valence-electron chi connectivity index (χ0n) is 14.9. The first-order chi connectivity index (χ1) is 10.9. The first kappa shape index (κ1) is 15.3.